The molecule has 7 nitrogen and oxygen atoms in total. The van der Waals surface area contributed by atoms with Crippen LogP contribution < -0.4 is 0 Å². The minimum absolute atomic E-state index is 0.138. The molecule has 2 heterocycles. The standard InChI is InChI=1S/C12H16N2O5S2/c1-18-12(15)9-20-11-3-2-10(8-13-11)21(16,17)14-4-6-19-7-5-14/h2-3,8H,4-7,9H2,1H3. The lowest BCUT2D eigenvalue weighted by atomic mass is 10.5. The Labute approximate surface area is 127 Å². The number of esters is 1. The van der Waals surface area contributed by atoms with E-state index in [0.29, 0.717) is 31.3 Å². The molecule has 1 aliphatic heterocycles. The van der Waals surface area contributed by atoms with Crippen molar-refractivity contribution in [1.82, 2.24) is 9.29 Å². The molecule has 0 spiro atoms. The predicted octanol–water partition coefficient (Wildman–Crippen LogP) is 0.368. The molecule has 1 saturated heterocycles. The van der Waals surface area contributed by atoms with Gasteiger partial charge < -0.3 is 9.47 Å². The van der Waals surface area contributed by atoms with Gasteiger partial charge in [0.25, 0.3) is 0 Å². The molecule has 0 N–H and O–H groups in total. The molecule has 0 amide bonds. The number of aromatic nitrogens is 1. The first-order chi connectivity index (χ1) is 10.0. The predicted molar refractivity (Wildman–Crippen MR) is 76.6 cm³/mol. The fourth-order valence-electron chi connectivity index (χ4n) is 1.73. The molecule has 116 valence electrons. The Balaban J connectivity index is 2.05. The van der Waals surface area contributed by atoms with Crippen LogP contribution in [0, 0.1) is 0 Å². The first kappa shape index (κ1) is 16.2. The second-order valence-electron chi connectivity index (χ2n) is 4.21. The molecular weight excluding hydrogens is 316 g/mol. The van der Waals surface area contributed by atoms with Gasteiger partial charge in [-0.25, -0.2) is 13.4 Å². The summed E-state index contributed by atoms with van der Waals surface area (Å²) < 4.78 is 35.8. The van der Waals surface area contributed by atoms with Crippen LogP contribution in [0.3, 0.4) is 0 Å². The molecule has 0 aromatic carbocycles. The topological polar surface area (TPSA) is 85.8 Å². The second kappa shape index (κ2) is 7.21. The SMILES string of the molecule is COC(=O)CSc1ccc(S(=O)(=O)N2CCOCC2)cn1. The van der Waals surface area contributed by atoms with Gasteiger partial charge in [-0.2, -0.15) is 4.31 Å². The molecule has 0 aliphatic carbocycles. The molecule has 9 heteroatoms. The Kier molecular flexibility index (Phi) is 5.57. The molecular formula is C12H16N2O5S2. The van der Waals surface area contributed by atoms with Gasteiger partial charge >= 0.3 is 5.97 Å². The van der Waals surface area contributed by atoms with Gasteiger partial charge in [0.15, 0.2) is 0 Å². The molecule has 2 rings (SSSR count). The fraction of sp³-hybridized carbons (Fsp3) is 0.500. The third-order valence-electron chi connectivity index (χ3n) is 2.88. The van der Waals surface area contributed by atoms with Crippen LogP contribution >= 0.6 is 11.8 Å². The van der Waals surface area contributed by atoms with Crippen LogP contribution in [0.4, 0.5) is 0 Å². The summed E-state index contributed by atoms with van der Waals surface area (Å²) in [7, 11) is -2.21. The summed E-state index contributed by atoms with van der Waals surface area (Å²) in [5.41, 5.74) is 0. The van der Waals surface area contributed by atoms with Crippen LogP contribution in [0.25, 0.3) is 0 Å². The average molecular weight is 332 g/mol. The lowest BCUT2D eigenvalue weighted by molar-refractivity contribution is -0.137. The third-order valence-corrected chi connectivity index (χ3v) is 5.68. The van der Waals surface area contributed by atoms with Gasteiger partial charge in [-0.05, 0) is 12.1 Å². The minimum Gasteiger partial charge on any atom is -0.468 e. The fourth-order valence-corrected chi connectivity index (χ4v) is 3.76. The minimum atomic E-state index is -3.52. The Morgan fingerprint density at radius 3 is 2.71 bits per heavy atom. The zero-order chi connectivity index (χ0) is 15.3. The van der Waals surface area contributed by atoms with Crippen molar-refractivity contribution in [2.24, 2.45) is 0 Å². The summed E-state index contributed by atoms with van der Waals surface area (Å²) in [5, 5.41) is 0.571. The van der Waals surface area contributed by atoms with Crippen molar-refractivity contribution in [3.63, 3.8) is 0 Å². The first-order valence-electron chi connectivity index (χ1n) is 6.27. The molecule has 0 radical (unpaired) electrons. The zero-order valence-corrected chi connectivity index (χ0v) is 13.2. The van der Waals surface area contributed by atoms with Crippen LogP contribution in [-0.2, 0) is 24.3 Å². The van der Waals surface area contributed by atoms with Crippen LogP contribution in [-0.4, -0.2) is 62.8 Å². The van der Waals surface area contributed by atoms with Crippen molar-refractivity contribution in [1.29, 1.82) is 0 Å². The summed E-state index contributed by atoms with van der Waals surface area (Å²) in [5.74, 6) is -0.217. The largest absolute Gasteiger partial charge is 0.468 e. The normalized spacial score (nSPS) is 16.6. The smallest absolute Gasteiger partial charge is 0.316 e. The number of sulfonamides is 1. The Bertz CT molecular complexity index is 582. The van der Waals surface area contributed by atoms with Crippen LogP contribution in [0.1, 0.15) is 0 Å². The number of carbonyl (C=O) groups excluding carboxylic acids is 1. The van der Waals surface area contributed by atoms with Crippen LogP contribution in [0.15, 0.2) is 28.3 Å². The van der Waals surface area contributed by atoms with Crippen LogP contribution in [0.5, 0.6) is 0 Å². The monoisotopic (exact) mass is 332 g/mol. The van der Waals surface area contributed by atoms with Gasteiger partial charge in [-0.1, -0.05) is 11.8 Å². The van der Waals surface area contributed by atoms with E-state index in [1.165, 1.54) is 35.4 Å². The number of thioether (sulfide) groups is 1. The quantitative estimate of drug-likeness (QED) is 0.569. The highest BCUT2D eigenvalue weighted by molar-refractivity contribution is 7.99. The van der Waals surface area contributed by atoms with Gasteiger partial charge in [0.1, 0.15) is 4.90 Å². The van der Waals surface area contributed by atoms with E-state index in [2.05, 4.69) is 9.72 Å². The number of rotatable bonds is 5. The highest BCUT2D eigenvalue weighted by atomic mass is 32.2. The van der Waals surface area contributed by atoms with Crippen molar-refractivity contribution in [2.75, 3.05) is 39.2 Å². The number of ether oxygens (including phenoxy) is 2. The number of methoxy groups -OCH3 is 1. The number of carbonyl (C=O) groups is 1. The maximum absolute atomic E-state index is 12.4. The van der Waals surface area contributed by atoms with E-state index >= 15 is 0 Å². The lowest BCUT2D eigenvalue weighted by Gasteiger charge is -2.25. The summed E-state index contributed by atoms with van der Waals surface area (Å²) in [6.07, 6.45) is 1.31. The highest BCUT2D eigenvalue weighted by Crippen LogP contribution is 2.20. The molecule has 1 aliphatic rings. The molecule has 0 atom stereocenters. The van der Waals surface area contributed by atoms with Crippen molar-refractivity contribution in [3.05, 3.63) is 18.3 Å². The summed E-state index contributed by atoms with van der Waals surface area (Å²) in [6, 6.07) is 3.08. The Hall–Kier alpha value is -1.16. The molecule has 1 aromatic rings. The molecule has 0 unspecified atom stereocenters. The maximum Gasteiger partial charge on any atom is 0.316 e. The number of pyridine rings is 1. The van der Waals surface area contributed by atoms with Gasteiger partial charge in [0.05, 0.1) is 31.1 Å². The molecule has 0 saturated carbocycles. The van der Waals surface area contributed by atoms with Crippen molar-refractivity contribution >= 4 is 27.8 Å². The number of hydrogen-bond donors (Lipinski definition) is 0. The lowest BCUT2D eigenvalue weighted by Crippen LogP contribution is -2.40. The molecule has 21 heavy (non-hydrogen) atoms. The van der Waals surface area contributed by atoms with E-state index < -0.39 is 10.0 Å². The second-order valence-corrected chi connectivity index (χ2v) is 7.15. The van der Waals surface area contributed by atoms with Gasteiger partial charge in [-0.3, -0.25) is 4.79 Å². The summed E-state index contributed by atoms with van der Waals surface area (Å²) >= 11 is 1.19. The van der Waals surface area contributed by atoms with Crippen molar-refractivity contribution in [3.8, 4) is 0 Å². The highest BCUT2D eigenvalue weighted by Gasteiger charge is 2.26. The summed E-state index contributed by atoms with van der Waals surface area (Å²) in [6.45, 7) is 1.50. The van der Waals surface area contributed by atoms with E-state index in [-0.39, 0.29) is 16.6 Å². The summed E-state index contributed by atoms with van der Waals surface area (Å²) in [4.78, 5) is 15.2. The Morgan fingerprint density at radius 1 is 1.43 bits per heavy atom. The average Bonchev–Trinajstić information content (AvgIpc) is 2.53. The number of nitrogens with zero attached hydrogens (tertiary/aromatic N) is 2. The Morgan fingerprint density at radius 2 is 2.14 bits per heavy atom. The number of morpholine rings is 1. The van der Waals surface area contributed by atoms with E-state index in [9.17, 15) is 13.2 Å². The van der Waals surface area contributed by atoms with Gasteiger partial charge in [-0.15, -0.1) is 0 Å². The molecule has 1 fully saturated rings. The van der Waals surface area contributed by atoms with E-state index in [4.69, 9.17) is 4.74 Å². The van der Waals surface area contributed by atoms with Gasteiger partial charge in [0, 0.05) is 19.3 Å². The van der Waals surface area contributed by atoms with Crippen molar-refractivity contribution < 1.29 is 22.7 Å². The van der Waals surface area contributed by atoms with E-state index in [1.54, 1.807) is 6.07 Å². The first-order valence-corrected chi connectivity index (χ1v) is 8.70. The van der Waals surface area contributed by atoms with Gasteiger partial charge in [0.2, 0.25) is 10.0 Å². The zero-order valence-electron chi connectivity index (χ0n) is 11.5. The number of hydrogen-bond acceptors (Lipinski definition) is 7. The molecule has 0 bridgehead atoms. The van der Waals surface area contributed by atoms with Crippen molar-refractivity contribution in [2.45, 2.75) is 9.92 Å². The van der Waals surface area contributed by atoms with Crippen LogP contribution in [0.2, 0.25) is 0 Å². The maximum atomic E-state index is 12.4. The molecule has 1 aromatic heterocycles. The van der Waals surface area contributed by atoms with E-state index in [0.717, 1.165) is 0 Å². The third kappa shape index (κ3) is 4.16. The van der Waals surface area contributed by atoms with E-state index in [1.807, 2.05) is 0 Å².